The maximum absolute atomic E-state index is 12.6. The van der Waals surface area contributed by atoms with Crippen LogP contribution in [0.25, 0.3) is 0 Å². The van der Waals surface area contributed by atoms with E-state index in [1.165, 1.54) is 0 Å². The highest BCUT2D eigenvalue weighted by Crippen LogP contribution is 2.27. The fraction of sp³-hybridized carbons (Fsp3) is 0.458. The number of anilines is 1. The van der Waals surface area contributed by atoms with Crippen LogP contribution < -0.4 is 15.0 Å². The monoisotopic (exact) mass is 467 g/mol. The maximum Gasteiger partial charge on any atom is 0.254 e. The summed E-state index contributed by atoms with van der Waals surface area (Å²) in [6, 6.07) is 7.19. The summed E-state index contributed by atoms with van der Waals surface area (Å²) >= 11 is 6.08. The Labute approximate surface area is 197 Å². The van der Waals surface area contributed by atoms with Gasteiger partial charge in [0.25, 0.3) is 5.91 Å². The lowest BCUT2D eigenvalue weighted by Gasteiger charge is -2.30. The summed E-state index contributed by atoms with van der Waals surface area (Å²) in [7, 11) is 0. The van der Waals surface area contributed by atoms with Gasteiger partial charge in [0, 0.05) is 43.5 Å². The number of carbonyl (C=O) groups excluding carboxylic acids is 2. The molecule has 9 heteroatoms. The highest BCUT2D eigenvalue weighted by molar-refractivity contribution is 6.31. The Balaban J connectivity index is 1.24. The van der Waals surface area contributed by atoms with E-state index in [-0.39, 0.29) is 24.0 Å². The predicted octanol–water partition coefficient (Wildman–Crippen LogP) is 3.54. The average molecular weight is 468 g/mol. The van der Waals surface area contributed by atoms with Gasteiger partial charge in [-0.1, -0.05) is 11.6 Å². The number of nitriles is 1. The van der Waals surface area contributed by atoms with Crippen molar-refractivity contribution in [3.8, 4) is 11.8 Å². The zero-order chi connectivity index (χ0) is 23.2. The number of hydrogen-bond donors (Lipinski definition) is 1. The van der Waals surface area contributed by atoms with Crippen LogP contribution in [-0.2, 0) is 4.79 Å². The van der Waals surface area contributed by atoms with Crippen molar-refractivity contribution < 1.29 is 14.3 Å². The quantitative estimate of drug-likeness (QED) is 0.647. The minimum absolute atomic E-state index is 0.0492. The van der Waals surface area contributed by atoms with Gasteiger partial charge in [-0.3, -0.25) is 4.79 Å². The van der Waals surface area contributed by atoms with Crippen LogP contribution in [0.5, 0.6) is 5.75 Å². The first-order valence-electron chi connectivity index (χ1n) is 11.2. The van der Waals surface area contributed by atoms with Crippen LogP contribution in [0.15, 0.2) is 30.6 Å². The summed E-state index contributed by atoms with van der Waals surface area (Å²) in [6.45, 7) is 1.49. The van der Waals surface area contributed by atoms with Gasteiger partial charge in [0.05, 0.1) is 22.3 Å². The summed E-state index contributed by atoms with van der Waals surface area (Å²) in [5.41, 5.74) is 0.863. The van der Waals surface area contributed by atoms with E-state index in [9.17, 15) is 9.59 Å². The first-order valence-corrected chi connectivity index (χ1v) is 11.6. The Morgan fingerprint density at radius 3 is 2.45 bits per heavy atom. The molecule has 33 heavy (non-hydrogen) atoms. The fourth-order valence-electron chi connectivity index (χ4n) is 4.28. The molecule has 0 bridgehead atoms. The molecule has 2 fully saturated rings. The van der Waals surface area contributed by atoms with Gasteiger partial charge in [-0.05, 0) is 50.7 Å². The van der Waals surface area contributed by atoms with Gasteiger partial charge < -0.3 is 19.7 Å². The van der Waals surface area contributed by atoms with Crippen molar-refractivity contribution in [2.45, 2.75) is 50.7 Å². The summed E-state index contributed by atoms with van der Waals surface area (Å²) in [4.78, 5) is 34.3. The molecule has 1 saturated carbocycles. The van der Waals surface area contributed by atoms with E-state index in [1.807, 2.05) is 11.0 Å². The molecule has 2 heterocycles. The number of aldehydes is 1. The number of halogens is 1. The number of piperidine rings is 1. The largest absolute Gasteiger partial charge is 0.490 e. The second-order valence-electron chi connectivity index (χ2n) is 8.55. The van der Waals surface area contributed by atoms with Crippen molar-refractivity contribution in [1.29, 1.82) is 5.26 Å². The van der Waals surface area contributed by atoms with E-state index in [0.29, 0.717) is 27.8 Å². The third-order valence-electron chi connectivity index (χ3n) is 6.29. The Hall–Kier alpha value is -3.18. The third kappa shape index (κ3) is 5.79. The van der Waals surface area contributed by atoms with Gasteiger partial charge in [0.2, 0.25) is 5.95 Å². The topological polar surface area (TPSA) is 108 Å². The van der Waals surface area contributed by atoms with Crippen LogP contribution in [0.4, 0.5) is 5.95 Å². The molecule has 172 valence electrons. The number of hydrogen-bond acceptors (Lipinski definition) is 7. The number of amides is 1. The Bertz CT molecular complexity index is 1020. The Morgan fingerprint density at radius 2 is 1.85 bits per heavy atom. The number of ether oxygens (including phenoxy) is 1. The van der Waals surface area contributed by atoms with Gasteiger partial charge in [-0.2, -0.15) is 5.26 Å². The molecule has 1 N–H and O–H groups in total. The molecule has 0 atom stereocenters. The number of benzene rings is 1. The smallest absolute Gasteiger partial charge is 0.254 e. The van der Waals surface area contributed by atoms with E-state index < -0.39 is 0 Å². The van der Waals surface area contributed by atoms with Crippen molar-refractivity contribution in [1.82, 2.24) is 15.3 Å². The number of nitrogens with one attached hydrogen (secondary N) is 1. The zero-order valence-corrected chi connectivity index (χ0v) is 19.0. The maximum atomic E-state index is 12.6. The molecule has 0 unspecified atom stereocenters. The summed E-state index contributed by atoms with van der Waals surface area (Å²) < 4.78 is 6.01. The van der Waals surface area contributed by atoms with Crippen LogP contribution in [-0.4, -0.2) is 47.4 Å². The molecule has 0 spiro atoms. The molecular weight excluding hydrogens is 442 g/mol. The van der Waals surface area contributed by atoms with E-state index in [0.717, 1.165) is 57.9 Å². The van der Waals surface area contributed by atoms with Crippen molar-refractivity contribution >= 4 is 29.7 Å². The van der Waals surface area contributed by atoms with Crippen molar-refractivity contribution in [3.05, 3.63) is 46.7 Å². The van der Waals surface area contributed by atoms with Crippen LogP contribution in [0, 0.1) is 17.2 Å². The third-order valence-corrected chi connectivity index (χ3v) is 6.60. The minimum atomic E-state index is -0.176. The van der Waals surface area contributed by atoms with Crippen molar-refractivity contribution in [2.75, 3.05) is 18.0 Å². The molecule has 1 amide bonds. The Morgan fingerprint density at radius 1 is 1.15 bits per heavy atom. The van der Waals surface area contributed by atoms with E-state index >= 15 is 0 Å². The zero-order valence-electron chi connectivity index (χ0n) is 18.2. The second kappa shape index (κ2) is 10.6. The SMILES string of the molecule is N#Cc1ccc(O[C@H]2CC[C@H](NC(=O)c3cnc(N4CCC(C=O)CC4)nc3)CC2)cc1Cl. The second-order valence-corrected chi connectivity index (χ2v) is 8.96. The lowest BCUT2D eigenvalue weighted by Crippen LogP contribution is -2.40. The molecule has 8 nitrogen and oxygen atoms in total. The van der Waals surface area contributed by atoms with E-state index in [2.05, 4.69) is 15.3 Å². The van der Waals surface area contributed by atoms with E-state index in [1.54, 1.807) is 30.6 Å². The molecule has 0 radical (unpaired) electrons. The van der Waals surface area contributed by atoms with Gasteiger partial charge in [-0.25, -0.2) is 9.97 Å². The molecule has 2 aliphatic rings. The van der Waals surface area contributed by atoms with Gasteiger partial charge >= 0.3 is 0 Å². The summed E-state index contributed by atoms with van der Waals surface area (Å²) in [5.74, 6) is 1.19. The molecule has 1 aromatic heterocycles. The van der Waals surface area contributed by atoms with Crippen LogP contribution in [0.3, 0.4) is 0 Å². The van der Waals surface area contributed by atoms with Crippen molar-refractivity contribution in [3.63, 3.8) is 0 Å². The lowest BCUT2D eigenvalue weighted by molar-refractivity contribution is -0.111. The summed E-state index contributed by atoms with van der Waals surface area (Å²) in [5, 5.41) is 12.4. The normalized spacial score (nSPS) is 21.2. The average Bonchev–Trinajstić information content (AvgIpc) is 2.85. The standard InChI is InChI=1S/C24H26ClN5O3/c25-22-11-21(4-1-17(22)12-26)33-20-5-2-19(3-6-20)29-23(32)18-13-27-24(28-14-18)30-9-7-16(15-31)8-10-30/h1,4,11,13-16,19-20H,2-3,5-10H2,(H,29,32)/t19-,20-. The lowest BCUT2D eigenvalue weighted by atomic mass is 9.92. The molecule has 1 saturated heterocycles. The first-order chi connectivity index (χ1) is 16.1. The minimum Gasteiger partial charge on any atom is -0.490 e. The number of carbonyl (C=O) groups is 2. The molecule has 1 aromatic carbocycles. The fourth-order valence-corrected chi connectivity index (χ4v) is 4.50. The van der Waals surface area contributed by atoms with Gasteiger partial charge in [0.15, 0.2) is 0 Å². The molecule has 1 aliphatic carbocycles. The van der Waals surface area contributed by atoms with E-state index in [4.69, 9.17) is 21.6 Å². The first kappa shape index (κ1) is 23.0. The van der Waals surface area contributed by atoms with Crippen LogP contribution >= 0.6 is 11.6 Å². The molecule has 4 rings (SSSR count). The number of rotatable bonds is 6. The highest BCUT2D eigenvalue weighted by atomic mass is 35.5. The molecular formula is C24H26ClN5O3. The molecule has 1 aliphatic heterocycles. The van der Waals surface area contributed by atoms with Gasteiger partial charge in [0.1, 0.15) is 18.1 Å². The summed E-state index contributed by atoms with van der Waals surface area (Å²) in [6.07, 6.45) is 9.06. The molecule has 2 aromatic rings. The number of nitrogens with zero attached hydrogens (tertiary/aromatic N) is 4. The van der Waals surface area contributed by atoms with Gasteiger partial charge in [-0.15, -0.1) is 0 Å². The number of aromatic nitrogens is 2. The van der Waals surface area contributed by atoms with Crippen molar-refractivity contribution in [2.24, 2.45) is 5.92 Å². The highest BCUT2D eigenvalue weighted by Gasteiger charge is 2.25. The Kier molecular flexibility index (Phi) is 7.40. The predicted molar refractivity (Wildman–Crippen MR) is 123 cm³/mol. The van der Waals surface area contributed by atoms with Crippen LogP contribution in [0.1, 0.15) is 54.4 Å². The van der Waals surface area contributed by atoms with Crippen LogP contribution in [0.2, 0.25) is 5.02 Å².